The van der Waals surface area contributed by atoms with Gasteiger partial charge in [0.2, 0.25) is 0 Å². The number of nitrogens with one attached hydrogen (secondary N) is 1. The zero-order chi connectivity index (χ0) is 16.0. The number of aliphatic carboxylic acids is 1. The second-order valence-corrected chi connectivity index (χ2v) is 5.13. The first-order valence-corrected chi connectivity index (χ1v) is 7.03. The fraction of sp³-hybridized carbons (Fsp3) is 0.533. The Morgan fingerprint density at radius 1 is 1.43 bits per heavy atom. The average molecular weight is 296 g/mol. The Balaban J connectivity index is 2.68. The first-order chi connectivity index (χ1) is 9.85. The summed E-state index contributed by atoms with van der Waals surface area (Å²) < 4.78 is 5.37. The summed E-state index contributed by atoms with van der Waals surface area (Å²) in [5.41, 5.74) is 7.44. The highest BCUT2D eigenvalue weighted by atomic mass is 16.5. The summed E-state index contributed by atoms with van der Waals surface area (Å²) in [6.07, 6.45) is -0.358. The maximum atomic E-state index is 11.0. The maximum absolute atomic E-state index is 11.0. The molecule has 6 heteroatoms. The van der Waals surface area contributed by atoms with Crippen molar-refractivity contribution in [2.45, 2.75) is 45.4 Å². The predicted molar refractivity (Wildman–Crippen MR) is 81.4 cm³/mol. The molecule has 0 saturated carbocycles. The first kappa shape index (κ1) is 17.3. The fourth-order valence-corrected chi connectivity index (χ4v) is 2.15. The molecule has 1 aromatic carbocycles. The topological polar surface area (TPSA) is 105 Å². The van der Waals surface area contributed by atoms with Crippen molar-refractivity contribution in [2.24, 2.45) is 0 Å². The number of nitrogens with two attached hydrogens (primary N) is 1. The molecule has 0 fully saturated rings. The van der Waals surface area contributed by atoms with Crippen molar-refractivity contribution in [1.82, 2.24) is 5.32 Å². The van der Waals surface area contributed by atoms with Gasteiger partial charge in [0.05, 0.1) is 18.4 Å². The zero-order valence-electron chi connectivity index (χ0n) is 12.7. The molecule has 0 spiro atoms. The van der Waals surface area contributed by atoms with E-state index in [0.29, 0.717) is 24.5 Å². The van der Waals surface area contributed by atoms with Crippen LogP contribution in [0.5, 0.6) is 5.75 Å². The molecular formula is C15H24N2O4. The van der Waals surface area contributed by atoms with Crippen LogP contribution < -0.4 is 15.8 Å². The minimum Gasteiger partial charge on any atom is -0.492 e. The third-order valence-electron chi connectivity index (χ3n) is 3.13. The number of carbonyl (C=O) groups is 1. The first-order valence-electron chi connectivity index (χ1n) is 7.03. The van der Waals surface area contributed by atoms with E-state index in [0.717, 1.165) is 5.56 Å². The number of hydrogen-bond acceptors (Lipinski definition) is 5. The molecule has 0 aliphatic carbocycles. The van der Waals surface area contributed by atoms with Crippen LogP contribution in [0.4, 0.5) is 5.69 Å². The van der Waals surface area contributed by atoms with E-state index >= 15 is 0 Å². The molecule has 1 aromatic rings. The van der Waals surface area contributed by atoms with Gasteiger partial charge in [-0.25, -0.2) is 0 Å². The molecule has 5 N–H and O–H groups in total. The van der Waals surface area contributed by atoms with E-state index in [1.54, 1.807) is 0 Å². The molecule has 3 unspecified atom stereocenters. The van der Waals surface area contributed by atoms with E-state index in [2.05, 4.69) is 5.32 Å². The highest BCUT2D eigenvalue weighted by molar-refractivity contribution is 5.74. The van der Waals surface area contributed by atoms with Crippen LogP contribution in [0.25, 0.3) is 0 Å². The lowest BCUT2D eigenvalue weighted by Gasteiger charge is -2.22. The third-order valence-corrected chi connectivity index (χ3v) is 3.13. The Kier molecular flexibility index (Phi) is 6.45. The zero-order valence-corrected chi connectivity index (χ0v) is 12.7. The van der Waals surface area contributed by atoms with Gasteiger partial charge in [-0.05, 0) is 44.9 Å². The largest absolute Gasteiger partial charge is 0.492 e. The van der Waals surface area contributed by atoms with Crippen LogP contribution in [0.2, 0.25) is 0 Å². The van der Waals surface area contributed by atoms with E-state index < -0.39 is 18.1 Å². The van der Waals surface area contributed by atoms with Gasteiger partial charge in [-0.3, -0.25) is 10.1 Å². The SMILES string of the molecule is CCOc1ccc(CC(C)NC(C(=O)O)C(C)O)cc1N. The van der Waals surface area contributed by atoms with Crippen molar-refractivity contribution in [3.8, 4) is 5.75 Å². The summed E-state index contributed by atoms with van der Waals surface area (Å²) in [5.74, 6) is -0.419. The van der Waals surface area contributed by atoms with Crippen molar-refractivity contribution >= 4 is 11.7 Å². The maximum Gasteiger partial charge on any atom is 0.323 e. The van der Waals surface area contributed by atoms with Crippen LogP contribution in [-0.2, 0) is 11.2 Å². The molecular weight excluding hydrogens is 272 g/mol. The molecule has 0 aliphatic heterocycles. The standard InChI is InChI=1S/C15H24N2O4/c1-4-21-13-6-5-11(8-12(13)16)7-9(2)17-14(10(3)18)15(19)20/h5-6,8-10,14,17-18H,4,7,16H2,1-3H3,(H,19,20). The number of benzene rings is 1. The molecule has 0 saturated heterocycles. The summed E-state index contributed by atoms with van der Waals surface area (Å²) in [7, 11) is 0. The Morgan fingerprint density at radius 2 is 2.10 bits per heavy atom. The highest BCUT2D eigenvalue weighted by Gasteiger charge is 2.24. The number of nitrogen functional groups attached to an aromatic ring is 1. The summed E-state index contributed by atoms with van der Waals surface area (Å²) in [6, 6.07) is 4.43. The third kappa shape index (κ3) is 5.24. The van der Waals surface area contributed by atoms with Crippen molar-refractivity contribution < 1.29 is 19.7 Å². The van der Waals surface area contributed by atoms with Crippen LogP contribution in [0, 0.1) is 0 Å². The average Bonchev–Trinajstić information content (AvgIpc) is 2.38. The second kappa shape index (κ2) is 7.85. The van der Waals surface area contributed by atoms with Gasteiger partial charge < -0.3 is 20.7 Å². The number of aliphatic hydroxyl groups excluding tert-OH is 1. The van der Waals surface area contributed by atoms with Crippen LogP contribution >= 0.6 is 0 Å². The number of ether oxygens (including phenoxy) is 1. The molecule has 0 heterocycles. The molecule has 0 amide bonds. The number of aliphatic hydroxyl groups is 1. The molecule has 1 rings (SSSR count). The van der Waals surface area contributed by atoms with Crippen molar-refractivity contribution in [1.29, 1.82) is 0 Å². The summed E-state index contributed by atoms with van der Waals surface area (Å²) in [4.78, 5) is 11.0. The minimum absolute atomic E-state index is 0.113. The van der Waals surface area contributed by atoms with Crippen LogP contribution in [0.15, 0.2) is 18.2 Å². The number of anilines is 1. The number of carboxylic acid groups (broad SMARTS) is 1. The lowest BCUT2D eigenvalue weighted by atomic mass is 10.0. The summed E-state index contributed by atoms with van der Waals surface area (Å²) in [5, 5.41) is 21.4. The van der Waals surface area contributed by atoms with Gasteiger partial charge >= 0.3 is 5.97 Å². The van der Waals surface area contributed by atoms with E-state index in [1.165, 1.54) is 6.92 Å². The Labute approximate surface area is 124 Å². The lowest BCUT2D eigenvalue weighted by molar-refractivity contribution is -0.142. The van der Waals surface area contributed by atoms with Gasteiger partial charge in [-0.15, -0.1) is 0 Å². The Bertz CT molecular complexity index is 477. The quantitative estimate of drug-likeness (QED) is 0.534. The molecule has 0 bridgehead atoms. The van der Waals surface area contributed by atoms with Gasteiger partial charge in [0.1, 0.15) is 11.8 Å². The van der Waals surface area contributed by atoms with Gasteiger partial charge in [0, 0.05) is 6.04 Å². The van der Waals surface area contributed by atoms with Crippen molar-refractivity contribution in [3.63, 3.8) is 0 Å². The Hall–Kier alpha value is -1.79. The minimum atomic E-state index is -1.07. The Morgan fingerprint density at radius 3 is 2.57 bits per heavy atom. The van der Waals surface area contributed by atoms with E-state index in [1.807, 2.05) is 32.0 Å². The molecule has 0 radical (unpaired) electrons. The van der Waals surface area contributed by atoms with Gasteiger partial charge in [-0.2, -0.15) is 0 Å². The number of hydrogen-bond donors (Lipinski definition) is 4. The van der Waals surface area contributed by atoms with E-state index in [-0.39, 0.29) is 6.04 Å². The molecule has 0 aliphatic rings. The lowest BCUT2D eigenvalue weighted by Crippen LogP contribution is -2.49. The van der Waals surface area contributed by atoms with Crippen LogP contribution in [0.1, 0.15) is 26.3 Å². The van der Waals surface area contributed by atoms with Gasteiger partial charge in [0.15, 0.2) is 0 Å². The summed E-state index contributed by atoms with van der Waals surface area (Å²) >= 11 is 0. The fourth-order valence-electron chi connectivity index (χ4n) is 2.15. The second-order valence-electron chi connectivity index (χ2n) is 5.13. The van der Waals surface area contributed by atoms with Crippen molar-refractivity contribution in [3.05, 3.63) is 23.8 Å². The molecule has 3 atom stereocenters. The molecule has 6 nitrogen and oxygen atoms in total. The van der Waals surface area contributed by atoms with Gasteiger partial charge in [0.25, 0.3) is 0 Å². The predicted octanol–water partition coefficient (Wildman–Crippen LogP) is 1.02. The molecule has 0 aromatic heterocycles. The van der Waals surface area contributed by atoms with Crippen LogP contribution in [-0.4, -0.2) is 41.0 Å². The van der Waals surface area contributed by atoms with Crippen molar-refractivity contribution in [2.75, 3.05) is 12.3 Å². The highest BCUT2D eigenvalue weighted by Crippen LogP contribution is 2.23. The number of carboxylic acids is 1. The number of rotatable bonds is 8. The van der Waals surface area contributed by atoms with E-state index in [9.17, 15) is 9.90 Å². The normalized spacial score (nSPS) is 15.2. The molecule has 118 valence electrons. The smallest absolute Gasteiger partial charge is 0.323 e. The monoisotopic (exact) mass is 296 g/mol. The van der Waals surface area contributed by atoms with E-state index in [4.69, 9.17) is 15.6 Å². The van der Waals surface area contributed by atoms with Gasteiger partial charge in [-0.1, -0.05) is 6.07 Å². The van der Waals surface area contributed by atoms with Crippen LogP contribution in [0.3, 0.4) is 0 Å². The molecule has 21 heavy (non-hydrogen) atoms. The summed E-state index contributed by atoms with van der Waals surface area (Å²) in [6.45, 7) is 5.76.